The molecule has 0 fully saturated rings. The molecule has 0 aliphatic heterocycles. The van der Waals surface area contributed by atoms with Crippen LogP contribution < -0.4 is 5.73 Å². The summed E-state index contributed by atoms with van der Waals surface area (Å²) >= 11 is 0. The van der Waals surface area contributed by atoms with Crippen molar-refractivity contribution in [3.8, 4) is 11.6 Å². The number of rotatable bonds is 6. The molecule has 2 rings (SSSR count). The Morgan fingerprint density at radius 3 is 3.00 bits per heavy atom. The van der Waals surface area contributed by atoms with Crippen LogP contribution in [0.25, 0.3) is 11.6 Å². The van der Waals surface area contributed by atoms with Gasteiger partial charge >= 0.3 is 0 Å². The lowest BCUT2D eigenvalue weighted by atomic mass is 10.4. The van der Waals surface area contributed by atoms with Crippen LogP contribution in [-0.4, -0.2) is 51.8 Å². The van der Waals surface area contributed by atoms with Crippen molar-refractivity contribution in [2.45, 2.75) is 13.0 Å². The van der Waals surface area contributed by atoms with Crippen molar-refractivity contribution in [2.75, 3.05) is 27.2 Å². The summed E-state index contributed by atoms with van der Waals surface area (Å²) in [5.41, 5.74) is 6.16. The molecule has 0 saturated heterocycles. The first-order valence-corrected chi connectivity index (χ1v) is 5.88. The molecule has 2 aromatic rings. The van der Waals surface area contributed by atoms with Crippen molar-refractivity contribution in [1.82, 2.24) is 24.6 Å². The highest BCUT2D eigenvalue weighted by Crippen LogP contribution is 2.14. The van der Waals surface area contributed by atoms with Crippen LogP contribution in [0.1, 0.15) is 5.82 Å². The molecule has 0 spiro atoms. The maximum Gasteiger partial charge on any atom is 0.278 e. The van der Waals surface area contributed by atoms with Gasteiger partial charge in [-0.1, -0.05) is 5.16 Å². The van der Waals surface area contributed by atoms with Gasteiger partial charge in [0.15, 0.2) is 5.82 Å². The van der Waals surface area contributed by atoms with Crippen LogP contribution in [-0.2, 0) is 13.0 Å². The molecule has 0 atom stereocenters. The summed E-state index contributed by atoms with van der Waals surface area (Å²) in [6.45, 7) is 2.20. The molecule has 0 radical (unpaired) electrons. The van der Waals surface area contributed by atoms with E-state index in [4.69, 9.17) is 10.3 Å². The minimum Gasteiger partial charge on any atom is -0.335 e. The van der Waals surface area contributed by atoms with Gasteiger partial charge in [-0.15, -0.1) is 0 Å². The number of aromatic nitrogens is 4. The van der Waals surface area contributed by atoms with E-state index in [0.717, 1.165) is 19.5 Å². The minimum absolute atomic E-state index is 0.458. The monoisotopic (exact) mass is 250 g/mol. The normalized spacial score (nSPS) is 11.3. The molecule has 98 valence electrons. The van der Waals surface area contributed by atoms with Gasteiger partial charge in [0.05, 0.1) is 6.33 Å². The quantitative estimate of drug-likeness (QED) is 0.776. The second kappa shape index (κ2) is 5.74. The molecule has 0 aliphatic carbocycles. The first-order chi connectivity index (χ1) is 8.69. The van der Waals surface area contributed by atoms with E-state index in [1.54, 1.807) is 6.33 Å². The highest BCUT2D eigenvalue weighted by atomic mass is 16.5. The van der Waals surface area contributed by atoms with Gasteiger partial charge in [0.2, 0.25) is 0 Å². The number of imidazole rings is 1. The Labute approximate surface area is 106 Å². The van der Waals surface area contributed by atoms with Gasteiger partial charge in [0.25, 0.3) is 5.89 Å². The Bertz CT molecular complexity index is 489. The Morgan fingerprint density at radius 2 is 2.28 bits per heavy atom. The van der Waals surface area contributed by atoms with E-state index in [1.807, 2.05) is 24.9 Å². The average Bonchev–Trinajstić information content (AvgIpc) is 2.94. The Kier molecular flexibility index (Phi) is 4.06. The van der Waals surface area contributed by atoms with Crippen LogP contribution in [0.3, 0.4) is 0 Å². The Balaban J connectivity index is 2.04. The van der Waals surface area contributed by atoms with Crippen LogP contribution in [0, 0.1) is 0 Å². The second-order valence-electron chi connectivity index (χ2n) is 4.35. The first-order valence-electron chi connectivity index (χ1n) is 5.88. The summed E-state index contributed by atoms with van der Waals surface area (Å²) in [7, 11) is 4.02. The van der Waals surface area contributed by atoms with Gasteiger partial charge in [-0.05, 0) is 14.1 Å². The Morgan fingerprint density at radius 1 is 1.44 bits per heavy atom. The topological polar surface area (TPSA) is 86.0 Å². The lowest BCUT2D eigenvalue weighted by Gasteiger charge is -2.05. The smallest absolute Gasteiger partial charge is 0.278 e. The molecule has 2 aromatic heterocycles. The number of likely N-dealkylation sites (N-methyl/N-ethyl adjacent to an activating group) is 1. The van der Waals surface area contributed by atoms with Gasteiger partial charge in [0, 0.05) is 32.3 Å². The third kappa shape index (κ3) is 3.14. The van der Waals surface area contributed by atoms with E-state index < -0.39 is 0 Å². The molecular formula is C11H18N6O. The van der Waals surface area contributed by atoms with Crippen LogP contribution in [0.2, 0.25) is 0 Å². The van der Waals surface area contributed by atoms with E-state index in [-0.39, 0.29) is 0 Å². The van der Waals surface area contributed by atoms with Gasteiger partial charge in [-0.2, -0.15) is 4.98 Å². The van der Waals surface area contributed by atoms with E-state index in [0.29, 0.717) is 24.0 Å². The lowest BCUT2D eigenvalue weighted by Crippen LogP contribution is -2.15. The predicted molar refractivity (Wildman–Crippen MR) is 66.8 cm³/mol. The van der Waals surface area contributed by atoms with E-state index in [1.165, 1.54) is 0 Å². The highest BCUT2D eigenvalue weighted by molar-refractivity contribution is 5.44. The fourth-order valence-corrected chi connectivity index (χ4v) is 1.53. The van der Waals surface area contributed by atoms with E-state index >= 15 is 0 Å². The predicted octanol–water partition coefficient (Wildman–Crippen LogP) is -0.00410. The second-order valence-corrected chi connectivity index (χ2v) is 4.35. The molecule has 0 amide bonds. The molecule has 0 bridgehead atoms. The van der Waals surface area contributed by atoms with Crippen molar-refractivity contribution >= 4 is 0 Å². The SMILES string of the molecule is CN(C)CCc1noc(-c2cn(CCN)cn2)n1. The van der Waals surface area contributed by atoms with Crippen LogP contribution >= 0.6 is 0 Å². The number of hydrogen-bond donors (Lipinski definition) is 1. The maximum absolute atomic E-state index is 5.48. The highest BCUT2D eigenvalue weighted by Gasteiger charge is 2.11. The molecule has 7 heteroatoms. The van der Waals surface area contributed by atoms with Gasteiger partial charge in [-0.3, -0.25) is 0 Å². The molecular weight excluding hydrogens is 232 g/mol. The third-order valence-corrected chi connectivity index (χ3v) is 2.49. The third-order valence-electron chi connectivity index (χ3n) is 2.49. The first kappa shape index (κ1) is 12.7. The van der Waals surface area contributed by atoms with Crippen molar-refractivity contribution in [1.29, 1.82) is 0 Å². The standard InChI is InChI=1S/C11H18N6O/c1-16(2)5-3-10-14-11(18-15-10)9-7-17(6-4-12)8-13-9/h7-8H,3-6,12H2,1-2H3. The summed E-state index contributed by atoms with van der Waals surface area (Å²) < 4.78 is 7.09. The average molecular weight is 250 g/mol. The van der Waals surface area contributed by atoms with Gasteiger partial charge < -0.3 is 19.7 Å². The fourth-order valence-electron chi connectivity index (χ4n) is 1.53. The zero-order valence-electron chi connectivity index (χ0n) is 10.7. The largest absolute Gasteiger partial charge is 0.335 e. The molecule has 2 N–H and O–H groups in total. The van der Waals surface area contributed by atoms with Crippen molar-refractivity contribution in [3.05, 3.63) is 18.3 Å². The zero-order chi connectivity index (χ0) is 13.0. The fraction of sp³-hybridized carbons (Fsp3) is 0.545. The van der Waals surface area contributed by atoms with Crippen LogP contribution in [0.15, 0.2) is 17.0 Å². The molecule has 0 aliphatic rings. The molecule has 0 unspecified atom stereocenters. The van der Waals surface area contributed by atoms with E-state index in [9.17, 15) is 0 Å². The maximum atomic E-state index is 5.48. The van der Waals surface area contributed by atoms with Gasteiger partial charge in [-0.25, -0.2) is 4.98 Å². The molecule has 7 nitrogen and oxygen atoms in total. The van der Waals surface area contributed by atoms with Crippen molar-refractivity contribution in [3.63, 3.8) is 0 Å². The Hall–Kier alpha value is -1.73. The number of nitrogens with two attached hydrogens (primary N) is 1. The summed E-state index contributed by atoms with van der Waals surface area (Å²) in [4.78, 5) is 10.6. The van der Waals surface area contributed by atoms with Crippen molar-refractivity contribution < 1.29 is 4.52 Å². The van der Waals surface area contributed by atoms with Crippen molar-refractivity contribution in [2.24, 2.45) is 5.73 Å². The van der Waals surface area contributed by atoms with Crippen LogP contribution in [0.5, 0.6) is 0 Å². The molecule has 0 aromatic carbocycles. The minimum atomic E-state index is 0.458. The molecule has 18 heavy (non-hydrogen) atoms. The number of nitrogens with zero attached hydrogens (tertiary/aromatic N) is 5. The van der Waals surface area contributed by atoms with Gasteiger partial charge in [0.1, 0.15) is 5.69 Å². The number of hydrogen-bond acceptors (Lipinski definition) is 6. The molecule has 2 heterocycles. The summed E-state index contributed by atoms with van der Waals surface area (Å²) in [6, 6.07) is 0. The summed E-state index contributed by atoms with van der Waals surface area (Å²) in [5, 5.41) is 3.93. The summed E-state index contributed by atoms with van der Waals surface area (Å²) in [6.07, 6.45) is 4.34. The lowest BCUT2D eigenvalue weighted by molar-refractivity contribution is 0.392. The van der Waals surface area contributed by atoms with E-state index in [2.05, 4.69) is 20.0 Å². The van der Waals surface area contributed by atoms with Crippen LogP contribution in [0.4, 0.5) is 0 Å². The molecule has 0 saturated carbocycles. The summed E-state index contributed by atoms with van der Waals surface area (Å²) in [5.74, 6) is 1.16. The zero-order valence-corrected chi connectivity index (χ0v) is 10.7.